The van der Waals surface area contributed by atoms with Gasteiger partial charge >= 0.3 is 0 Å². The minimum absolute atomic E-state index is 0.0374. The van der Waals surface area contributed by atoms with Gasteiger partial charge in [-0.2, -0.15) is 0 Å². The molecule has 1 aromatic carbocycles. The highest BCUT2D eigenvalue weighted by Gasteiger charge is 2.27. The minimum Gasteiger partial charge on any atom is -0.454 e. The van der Waals surface area contributed by atoms with Crippen LogP contribution in [0.25, 0.3) is 10.2 Å². The molecule has 3 aliphatic rings. The molecule has 0 spiro atoms. The highest BCUT2D eigenvalue weighted by atomic mass is 32.1. The van der Waals surface area contributed by atoms with Gasteiger partial charge in [0.2, 0.25) is 6.79 Å². The second-order valence-corrected chi connectivity index (χ2v) is 10.7. The summed E-state index contributed by atoms with van der Waals surface area (Å²) < 4.78 is 10.9. The van der Waals surface area contributed by atoms with Crippen LogP contribution in [0.2, 0.25) is 0 Å². The number of ether oxygens (including phenoxy) is 2. The van der Waals surface area contributed by atoms with Gasteiger partial charge in [0.05, 0.1) is 11.4 Å². The van der Waals surface area contributed by atoms with Gasteiger partial charge in [0.15, 0.2) is 11.5 Å². The molecule has 1 fully saturated rings. The number of aromatic nitrogens is 2. The van der Waals surface area contributed by atoms with Gasteiger partial charge in [0.1, 0.15) is 10.7 Å². The van der Waals surface area contributed by atoms with Gasteiger partial charge in [0, 0.05) is 37.6 Å². The van der Waals surface area contributed by atoms with Crippen molar-refractivity contribution < 1.29 is 9.47 Å². The highest BCUT2D eigenvalue weighted by Crippen LogP contribution is 2.36. The molecule has 1 N–H and O–H groups in total. The summed E-state index contributed by atoms with van der Waals surface area (Å²) >= 11 is 1.73. The second-order valence-electron chi connectivity index (χ2n) is 9.66. The van der Waals surface area contributed by atoms with Crippen LogP contribution in [0.1, 0.15) is 48.1 Å². The van der Waals surface area contributed by atoms with E-state index in [2.05, 4.69) is 40.8 Å². The van der Waals surface area contributed by atoms with Crippen molar-refractivity contribution in [1.29, 1.82) is 0 Å². The van der Waals surface area contributed by atoms with Gasteiger partial charge < -0.3 is 14.5 Å². The predicted octanol–water partition coefficient (Wildman–Crippen LogP) is 3.72. The minimum atomic E-state index is 0.0374. The third kappa shape index (κ3) is 3.94. The summed E-state index contributed by atoms with van der Waals surface area (Å²) in [6.45, 7) is 9.53. The van der Waals surface area contributed by atoms with Crippen molar-refractivity contribution in [2.75, 3.05) is 33.0 Å². The third-order valence-electron chi connectivity index (χ3n) is 7.38. The maximum Gasteiger partial charge on any atom is 0.259 e. The Hall–Kier alpha value is -2.42. The third-order valence-corrected chi connectivity index (χ3v) is 8.53. The normalized spacial score (nSPS) is 21.9. The first-order valence-electron chi connectivity index (χ1n) is 11.9. The Morgan fingerprint density at radius 2 is 2.03 bits per heavy atom. The van der Waals surface area contributed by atoms with Gasteiger partial charge in [-0.3, -0.25) is 14.6 Å². The Labute approximate surface area is 197 Å². The molecule has 174 valence electrons. The molecule has 0 radical (unpaired) electrons. The molecule has 0 saturated carbocycles. The van der Waals surface area contributed by atoms with Crippen LogP contribution in [0, 0.1) is 5.92 Å². The first kappa shape index (κ1) is 21.1. The van der Waals surface area contributed by atoms with Gasteiger partial charge in [-0.15, -0.1) is 11.3 Å². The summed E-state index contributed by atoms with van der Waals surface area (Å²) in [7, 11) is 0. The fourth-order valence-corrected chi connectivity index (χ4v) is 6.73. The number of H-pyrrole nitrogens is 1. The summed E-state index contributed by atoms with van der Waals surface area (Å²) in [5, 5.41) is 0.839. The molecular formula is C25H30N4O3S. The largest absolute Gasteiger partial charge is 0.454 e. The molecule has 7 nitrogen and oxygen atoms in total. The average molecular weight is 467 g/mol. The lowest BCUT2D eigenvalue weighted by Gasteiger charge is -2.37. The van der Waals surface area contributed by atoms with Gasteiger partial charge in [-0.05, 0) is 55.4 Å². The van der Waals surface area contributed by atoms with Crippen molar-refractivity contribution in [3.63, 3.8) is 0 Å². The molecule has 2 atom stereocenters. The van der Waals surface area contributed by atoms with Crippen LogP contribution in [0.3, 0.4) is 0 Å². The van der Waals surface area contributed by atoms with E-state index >= 15 is 0 Å². The van der Waals surface area contributed by atoms with E-state index < -0.39 is 0 Å². The summed E-state index contributed by atoms with van der Waals surface area (Å²) in [5.74, 6) is 3.16. The van der Waals surface area contributed by atoms with E-state index in [1.165, 1.54) is 16.0 Å². The fourth-order valence-electron chi connectivity index (χ4n) is 5.34. The lowest BCUT2D eigenvalue weighted by molar-refractivity contribution is 0.0948. The Bertz CT molecular complexity index is 1240. The molecule has 2 aromatic heterocycles. The van der Waals surface area contributed by atoms with E-state index in [9.17, 15) is 4.79 Å². The number of nitrogens with zero attached hydrogens (tertiary/aromatic N) is 3. The van der Waals surface area contributed by atoms with Crippen LogP contribution < -0.4 is 15.0 Å². The number of fused-ring (bicyclic) bond motifs is 4. The van der Waals surface area contributed by atoms with Crippen molar-refractivity contribution in [1.82, 2.24) is 19.8 Å². The summed E-state index contributed by atoms with van der Waals surface area (Å²) in [4.78, 5) is 28.2. The van der Waals surface area contributed by atoms with Crippen LogP contribution >= 0.6 is 11.3 Å². The molecule has 33 heavy (non-hydrogen) atoms. The van der Waals surface area contributed by atoms with Gasteiger partial charge in [0.25, 0.3) is 5.56 Å². The topological polar surface area (TPSA) is 70.7 Å². The van der Waals surface area contributed by atoms with Crippen LogP contribution in [0.4, 0.5) is 0 Å². The number of thiophene rings is 1. The van der Waals surface area contributed by atoms with Crippen LogP contribution in [-0.4, -0.2) is 52.7 Å². The molecule has 3 aromatic rings. The molecule has 1 aliphatic carbocycles. The quantitative estimate of drug-likeness (QED) is 0.632. The number of hydrogen-bond acceptors (Lipinski definition) is 7. The summed E-state index contributed by atoms with van der Waals surface area (Å²) in [6.07, 6.45) is 3.24. The molecule has 1 saturated heterocycles. The molecule has 4 heterocycles. The lowest BCUT2D eigenvalue weighted by atomic mass is 9.89. The van der Waals surface area contributed by atoms with E-state index in [0.29, 0.717) is 12.7 Å². The maximum atomic E-state index is 13.0. The fraction of sp³-hybridized carbons (Fsp3) is 0.520. The molecule has 0 amide bonds. The summed E-state index contributed by atoms with van der Waals surface area (Å²) in [6, 6.07) is 6.29. The SMILES string of the molecule is CC1CCc2c(sc3nc(C(C)N4CCN(Cc5ccc6c(c5)OCO6)CC4)[nH]c(=O)c23)C1. The van der Waals surface area contributed by atoms with Gasteiger partial charge in [-0.1, -0.05) is 13.0 Å². The van der Waals surface area contributed by atoms with Crippen molar-refractivity contribution in [2.24, 2.45) is 5.92 Å². The monoisotopic (exact) mass is 466 g/mol. The van der Waals surface area contributed by atoms with Crippen molar-refractivity contribution in [2.45, 2.75) is 45.7 Å². The standard InChI is InChI=1S/C25H30N4O3S/c1-15-3-5-18-21(11-15)33-25-22(18)24(30)26-23(27-25)16(2)29-9-7-28(8-10-29)13-17-4-6-19-20(12-17)32-14-31-19/h4,6,12,15-16H,3,5,7-11,13-14H2,1-2H3,(H,26,27,30). The molecule has 2 unspecified atom stereocenters. The molecule has 6 rings (SSSR count). The first-order valence-corrected chi connectivity index (χ1v) is 12.8. The molecular weight excluding hydrogens is 436 g/mol. The first-order chi connectivity index (χ1) is 16.0. The molecule has 2 aliphatic heterocycles. The van der Waals surface area contributed by atoms with E-state index in [-0.39, 0.29) is 11.6 Å². The highest BCUT2D eigenvalue weighted by molar-refractivity contribution is 7.18. The Morgan fingerprint density at radius 3 is 2.88 bits per heavy atom. The smallest absolute Gasteiger partial charge is 0.259 e. The second kappa shape index (κ2) is 8.42. The van der Waals surface area contributed by atoms with E-state index in [1.807, 2.05) is 6.07 Å². The van der Waals surface area contributed by atoms with Crippen LogP contribution in [0.15, 0.2) is 23.0 Å². The van der Waals surface area contributed by atoms with Crippen LogP contribution in [0.5, 0.6) is 11.5 Å². The van der Waals surface area contributed by atoms with Crippen LogP contribution in [-0.2, 0) is 19.4 Å². The number of hydrogen-bond donors (Lipinski definition) is 1. The molecule has 8 heteroatoms. The van der Waals surface area contributed by atoms with Crippen molar-refractivity contribution in [3.05, 3.63) is 50.4 Å². The predicted molar refractivity (Wildman–Crippen MR) is 129 cm³/mol. The van der Waals surface area contributed by atoms with Gasteiger partial charge in [-0.25, -0.2) is 4.98 Å². The van der Waals surface area contributed by atoms with Crippen molar-refractivity contribution >= 4 is 21.6 Å². The maximum absolute atomic E-state index is 13.0. The zero-order valence-electron chi connectivity index (χ0n) is 19.2. The van der Waals surface area contributed by atoms with Crippen molar-refractivity contribution in [3.8, 4) is 11.5 Å². The zero-order chi connectivity index (χ0) is 22.5. The Morgan fingerprint density at radius 1 is 1.21 bits per heavy atom. The number of aryl methyl sites for hydroxylation is 1. The molecule has 0 bridgehead atoms. The average Bonchev–Trinajstić information content (AvgIpc) is 3.42. The van der Waals surface area contributed by atoms with E-state index in [0.717, 1.165) is 79.5 Å². The Kier molecular flexibility index (Phi) is 5.39. The Balaban J connectivity index is 1.14. The number of nitrogens with one attached hydrogen (secondary N) is 1. The number of piperazine rings is 1. The summed E-state index contributed by atoms with van der Waals surface area (Å²) in [5.41, 5.74) is 2.53. The lowest BCUT2D eigenvalue weighted by Crippen LogP contribution is -2.47. The van der Waals surface area contributed by atoms with E-state index in [1.54, 1.807) is 11.3 Å². The number of rotatable bonds is 4. The zero-order valence-corrected chi connectivity index (χ0v) is 20.0. The van der Waals surface area contributed by atoms with E-state index in [4.69, 9.17) is 14.5 Å². The number of aromatic amines is 1. The number of benzene rings is 1.